The summed E-state index contributed by atoms with van der Waals surface area (Å²) in [5.74, 6) is 0. The molecule has 1 aromatic carbocycles. The van der Waals surface area contributed by atoms with E-state index in [2.05, 4.69) is 52.4 Å². The number of para-hydroxylation sites is 1. The number of nitrogens with zero attached hydrogens (tertiary/aromatic N) is 3. The molecular weight excluding hydrogens is 316 g/mol. The van der Waals surface area contributed by atoms with Crippen molar-refractivity contribution in [3.05, 3.63) is 30.3 Å². The first kappa shape index (κ1) is 18.0. The summed E-state index contributed by atoms with van der Waals surface area (Å²) < 4.78 is 5.50. The number of rotatable bonds is 4. The molecule has 0 aliphatic carbocycles. The van der Waals surface area contributed by atoms with Crippen LogP contribution in [0.4, 0.5) is 10.5 Å². The minimum Gasteiger partial charge on any atom is -0.375 e. The molecule has 1 N–H and O–H groups in total. The zero-order valence-electron chi connectivity index (χ0n) is 15.4. The molecule has 6 nitrogen and oxygen atoms in total. The van der Waals surface area contributed by atoms with E-state index < -0.39 is 0 Å². The number of morpholine rings is 1. The monoisotopic (exact) mass is 346 g/mol. The van der Waals surface area contributed by atoms with Crippen LogP contribution in [-0.4, -0.2) is 80.4 Å². The largest absolute Gasteiger partial charge is 0.375 e. The van der Waals surface area contributed by atoms with E-state index >= 15 is 0 Å². The normalized spacial score (nSPS) is 23.4. The topological polar surface area (TPSA) is 48.0 Å². The van der Waals surface area contributed by atoms with Crippen molar-refractivity contribution in [1.82, 2.24) is 15.1 Å². The van der Waals surface area contributed by atoms with Crippen molar-refractivity contribution >= 4 is 11.7 Å². The van der Waals surface area contributed by atoms with E-state index in [9.17, 15) is 4.79 Å². The molecule has 0 radical (unpaired) electrons. The number of anilines is 1. The Labute approximate surface area is 150 Å². The van der Waals surface area contributed by atoms with Crippen LogP contribution in [0, 0.1) is 0 Å². The maximum absolute atomic E-state index is 12.4. The van der Waals surface area contributed by atoms with E-state index in [0.717, 1.165) is 32.7 Å². The molecule has 2 aliphatic rings. The predicted molar refractivity (Wildman–Crippen MR) is 100 cm³/mol. The molecule has 2 aliphatic heterocycles. The molecule has 2 amide bonds. The van der Waals surface area contributed by atoms with Gasteiger partial charge in [0.15, 0.2) is 0 Å². The van der Waals surface area contributed by atoms with Crippen LogP contribution < -0.4 is 10.2 Å². The Balaban J connectivity index is 1.40. The third-order valence-electron chi connectivity index (χ3n) is 4.92. The van der Waals surface area contributed by atoms with E-state index in [0.29, 0.717) is 19.7 Å². The molecule has 0 bridgehead atoms. The van der Waals surface area contributed by atoms with Crippen molar-refractivity contribution in [2.75, 3.05) is 57.3 Å². The fourth-order valence-electron chi connectivity index (χ4n) is 3.57. The predicted octanol–water partition coefficient (Wildman–Crippen LogP) is 1.63. The van der Waals surface area contributed by atoms with Gasteiger partial charge in [0.25, 0.3) is 0 Å². The summed E-state index contributed by atoms with van der Waals surface area (Å²) in [6.07, 6.45) is 0.126. The summed E-state index contributed by atoms with van der Waals surface area (Å²) in [7, 11) is 0. The fourth-order valence-corrected chi connectivity index (χ4v) is 3.57. The number of carbonyl (C=O) groups is 1. The smallest absolute Gasteiger partial charge is 0.317 e. The second-order valence-electron chi connectivity index (χ2n) is 7.10. The van der Waals surface area contributed by atoms with Crippen LogP contribution in [-0.2, 0) is 4.74 Å². The molecule has 0 spiro atoms. The number of piperazine rings is 1. The van der Waals surface area contributed by atoms with Gasteiger partial charge in [-0.3, -0.25) is 4.90 Å². The van der Waals surface area contributed by atoms with Crippen LogP contribution in [0.5, 0.6) is 0 Å². The minimum absolute atomic E-state index is 0.0329. The first-order chi connectivity index (χ1) is 12.1. The van der Waals surface area contributed by atoms with Crippen molar-refractivity contribution in [1.29, 1.82) is 0 Å². The second kappa shape index (κ2) is 8.54. The van der Waals surface area contributed by atoms with Crippen molar-refractivity contribution in [3.8, 4) is 0 Å². The van der Waals surface area contributed by atoms with Crippen LogP contribution in [0.2, 0.25) is 0 Å². The summed E-state index contributed by atoms with van der Waals surface area (Å²) >= 11 is 0. The molecule has 0 unspecified atom stereocenters. The SMILES string of the molecule is C[C@H](CN1CCN(c2ccccc2)CC1)NC(=O)N1CCO[C@@H](C)C1. The number of hydrogen-bond donors (Lipinski definition) is 1. The average Bonchev–Trinajstić information content (AvgIpc) is 2.63. The van der Waals surface area contributed by atoms with Crippen molar-refractivity contribution in [2.45, 2.75) is 26.0 Å². The lowest BCUT2D eigenvalue weighted by atomic mass is 10.2. The Kier molecular flexibility index (Phi) is 6.15. The van der Waals surface area contributed by atoms with Crippen molar-refractivity contribution in [2.24, 2.45) is 0 Å². The van der Waals surface area contributed by atoms with Crippen LogP contribution in [0.3, 0.4) is 0 Å². The van der Waals surface area contributed by atoms with Gasteiger partial charge in [-0.2, -0.15) is 0 Å². The molecule has 0 saturated carbocycles. The van der Waals surface area contributed by atoms with Crippen LogP contribution in [0.25, 0.3) is 0 Å². The first-order valence-corrected chi connectivity index (χ1v) is 9.31. The van der Waals surface area contributed by atoms with Gasteiger partial charge in [-0.15, -0.1) is 0 Å². The lowest BCUT2D eigenvalue weighted by Gasteiger charge is -2.38. The lowest BCUT2D eigenvalue weighted by molar-refractivity contribution is -0.00394. The van der Waals surface area contributed by atoms with Gasteiger partial charge < -0.3 is 19.9 Å². The Hall–Kier alpha value is -1.79. The molecule has 2 fully saturated rings. The van der Waals surface area contributed by atoms with Crippen molar-refractivity contribution in [3.63, 3.8) is 0 Å². The summed E-state index contributed by atoms with van der Waals surface area (Å²) in [4.78, 5) is 19.1. The highest BCUT2D eigenvalue weighted by Crippen LogP contribution is 2.15. The Morgan fingerprint density at radius 3 is 2.60 bits per heavy atom. The van der Waals surface area contributed by atoms with Gasteiger partial charge in [0, 0.05) is 57.5 Å². The molecule has 2 heterocycles. The van der Waals surface area contributed by atoms with Gasteiger partial charge in [0.05, 0.1) is 12.7 Å². The first-order valence-electron chi connectivity index (χ1n) is 9.31. The number of nitrogens with one attached hydrogen (secondary N) is 1. The number of urea groups is 1. The maximum atomic E-state index is 12.4. The van der Waals surface area contributed by atoms with Gasteiger partial charge in [0.2, 0.25) is 0 Å². The molecule has 6 heteroatoms. The second-order valence-corrected chi connectivity index (χ2v) is 7.10. The number of ether oxygens (including phenoxy) is 1. The van der Waals surface area contributed by atoms with Gasteiger partial charge in [-0.1, -0.05) is 18.2 Å². The maximum Gasteiger partial charge on any atom is 0.317 e. The summed E-state index contributed by atoms with van der Waals surface area (Å²) in [5, 5.41) is 3.14. The zero-order valence-corrected chi connectivity index (χ0v) is 15.4. The van der Waals surface area contributed by atoms with Gasteiger partial charge >= 0.3 is 6.03 Å². The highest BCUT2D eigenvalue weighted by Gasteiger charge is 2.24. The quantitative estimate of drug-likeness (QED) is 0.900. The van der Waals surface area contributed by atoms with Crippen molar-refractivity contribution < 1.29 is 9.53 Å². The number of amides is 2. The van der Waals surface area contributed by atoms with Crippen LogP contribution >= 0.6 is 0 Å². The summed E-state index contributed by atoms with van der Waals surface area (Å²) in [6, 6.07) is 10.8. The fraction of sp³-hybridized carbons (Fsp3) is 0.632. The lowest BCUT2D eigenvalue weighted by Crippen LogP contribution is -2.54. The highest BCUT2D eigenvalue weighted by molar-refractivity contribution is 5.74. The third-order valence-corrected chi connectivity index (χ3v) is 4.92. The molecule has 138 valence electrons. The molecule has 0 aromatic heterocycles. The molecule has 1 aromatic rings. The van der Waals surface area contributed by atoms with Gasteiger partial charge in [0.1, 0.15) is 0 Å². The minimum atomic E-state index is 0.0329. The van der Waals surface area contributed by atoms with E-state index in [-0.39, 0.29) is 18.2 Å². The van der Waals surface area contributed by atoms with E-state index in [4.69, 9.17) is 4.74 Å². The summed E-state index contributed by atoms with van der Waals surface area (Å²) in [5.41, 5.74) is 1.30. The molecule has 3 rings (SSSR count). The van der Waals surface area contributed by atoms with Gasteiger partial charge in [-0.25, -0.2) is 4.79 Å². The number of hydrogen-bond acceptors (Lipinski definition) is 4. The van der Waals surface area contributed by atoms with Crippen LogP contribution in [0.1, 0.15) is 13.8 Å². The Bertz CT molecular complexity index is 546. The molecular formula is C19H30N4O2. The third kappa shape index (κ3) is 5.09. The highest BCUT2D eigenvalue weighted by atomic mass is 16.5. The van der Waals surface area contributed by atoms with Crippen LogP contribution in [0.15, 0.2) is 30.3 Å². The van der Waals surface area contributed by atoms with E-state index in [1.54, 1.807) is 0 Å². The average molecular weight is 346 g/mol. The molecule has 2 atom stereocenters. The summed E-state index contributed by atoms with van der Waals surface area (Å²) in [6.45, 7) is 11.1. The zero-order chi connectivity index (χ0) is 17.6. The standard InChI is InChI=1S/C19H30N4O2/c1-16(20-19(24)23-12-13-25-17(2)15-23)14-21-8-10-22(11-9-21)18-6-4-3-5-7-18/h3-7,16-17H,8-15H2,1-2H3,(H,20,24)/t16-,17+/m1/s1. The molecule has 2 saturated heterocycles. The Morgan fingerprint density at radius 1 is 1.20 bits per heavy atom. The van der Waals surface area contributed by atoms with Gasteiger partial charge in [-0.05, 0) is 26.0 Å². The Morgan fingerprint density at radius 2 is 1.92 bits per heavy atom. The van der Waals surface area contributed by atoms with E-state index in [1.807, 2.05) is 11.8 Å². The number of carbonyl (C=O) groups excluding carboxylic acids is 1. The van der Waals surface area contributed by atoms with E-state index in [1.165, 1.54) is 5.69 Å². The number of benzene rings is 1. The molecule has 25 heavy (non-hydrogen) atoms.